The second-order valence-electron chi connectivity index (χ2n) is 5.80. The van der Waals surface area contributed by atoms with Gasteiger partial charge in [-0.15, -0.1) is 4.40 Å². The topological polar surface area (TPSA) is 60.7 Å². The van der Waals surface area contributed by atoms with Crippen molar-refractivity contribution in [1.82, 2.24) is 4.57 Å². The van der Waals surface area contributed by atoms with E-state index in [2.05, 4.69) is 16.5 Å². The molecule has 132 valence electrons. The molecule has 0 spiro atoms. The van der Waals surface area contributed by atoms with Crippen LogP contribution in [0.4, 0.5) is 0 Å². The van der Waals surface area contributed by atoms with E-state index in [1.165, 1.54) is 23.5 Å². The van der Waals surface area contributed by atoms with Crippen LogP contribution in [0.5, 0.6) is 5.75 Å². The van der Waals surface area contributed by atoms with Gasteiger partial charge in [0, 0.05) is 6.54 Å². The summed E-state index contributed by atoms with van der Waals surface area (Å²) in [4.78, 5) is 0.642. The molecule has 0 aliphatic heterocycles. The molecule has 0 atom stereocenters. The number of thiazole rings is 1. The van der Waals surface area contributed by atoms with E-state index in [1.807, 2.05) is 25.3 Å². The van der Waals surface area contributed by atoms with E-state index in [4.69, 9.17) is 4.74 Å². The van der Waals surface area contributed by atoms with E-state index in [1.54, 1.807) is 19.2 Å². The molecule has 0 N–H and O–H groups in total. The number of hydrogen-bond acceptors (Lipinski definition) is 4. The van der Waals surface area contributed by atoms with Gasteiger partial charge in [-0.3, -0.25) is 0 Å². The first kappa shape index (κ1) is 17.7. The van der Waals surface area contributed by atoms with Crippen molar-refractivity contribution in [2.45, 2.75) is 32.2 Å². The lowest BCUT2D eigenvalue weighted by Gasteiger charge is -2.04. The van der Waals surface area contributed by atoms with Gasteiger partial charge in [-0.1, -0.05) is 17.4 Å². The van der Waals surface area contributed by atoms with Gasteiger partial charge in [-0.2, -0.15) is 8.42 Å². The molecule has 0 bridgehead atoms. The fourth-order valence-corrected chi connectivity index (χ4v) is 5.14. The minimum Gasteiger partial charge on any atom is -0.497 e. The fraction of sp³-hybridized carbons (Fsp3) is 0.278. The fourth-order valence-electron chi connectivity index (χ4n) is 2.79. The molecular formula is C18H20N2O3S2. The summed E-state index contributed by atoms with van der Waals surface area (Å²) in [5, 5.41) is 0. The molecule has 0 aliphatic carbocycles. The Morgan fingerprint density at radius 2 is 1.84 bits per heavy atom. The molecule has 0 fully saturated rings. The zero-order valence-corrected chi connectivity index (χ0v) is 16.2. The summed E-state index contributed by atoms with van der Waals surface area (Å²) in [5.41, 5.74) is 3.30. The Kier molecular flexibility index (Phi) is 4.71. The highest BCUT2D eigenvalue weighted by Gasteiger charge is 2.15. The summed E-state index contributed by atoms with van der Waals surface area (Å²) in [6.07, 6.45) is 0. The Labute approximate surface area is 151 Å². The number of aryl methyl sites for hydroxylation is 3. The number of hydrogen-bond donors (Lipinski definition) is 0. The van der Waals surface area contributed by atoms with E-state index in [0.29, 0.717) is 17.1 Å². The van der Waals surface area contributed by atoms with Crippen LogP contribution in [0.1, 0.15) is 18.1 Å². The van der Waals surface area contributed by atoms with Crippen LogP contribution in [0.3, 0.4) is 0 Å². The normalized spacial score (nSPS) is 12.7. The standard InChI is InChI=1S/C18H20N2O3S2/c1-5-20-16-11-12(2)10-13(3)17(16)24-18(20)19-25(21,22)15-8-6-14(23-4)7-9-15/h6-11H,5H2,1-4H3. The van der Waals surface area contributed by atoms with Gasteiger partial charge in [0.2, 0.25) is 4.80 Å². The molecule has 3 rings (SSSR count). The van der Waals surface area contributed by atoms with Crippen molar-refractivity contribution >= 4 is 31.6 Å². The van der Waals surface area contributed by atoms with Gasteiger partial charge < -0.3 is 9.30 Å². The van der Waals surface area contributed by atoms with E-state index in [0.717, 1.165) is 21.3 Å². The van der Waals surface area contributed by atoms with Gasteiger partial charge in [-0.05, 0) is 62.2 Å². The van der Waals surface area contributed by atoms with Crippen molar-refractivity contribution in [2.24, 2.45) is 4.40 Å². The lowest BCUT2D eigenvalue weighted by atomic mass is 10.1. The molecule has 2 aromatic carbocycles. The van der Waals surface area contributed by atoms with Crippen LogP contribution < -0.4 is 9.54 Å². The molecule has 0 unspecified atom stereocenters. The molecule has 3 aromatic rings. The highest BCUT2D eigenvalue weighted by atomic mass is 32.2. The zero-order chi connectivity index (χ0) is 18.2. The Bertz CT molecular complexity index is 1090. The first-order valence-corrected chi connectivity index (χ1v) is 10.2. The van der Waals surface area contributed by atoms with Gasteiger partial charge in [0.1, 0.15) is 5.75 Å². The molecule has 1 heterocycles. The molecule has 25 heavy (non-hydrogen) atoms. The zero-order valence-electron chi connectivity index (χ0n) is 14.6. The smallest absolute Gasteiger partial charge is 0.285 e. The van der Waals surface area contributed by atoms with Crippen LogP contribution in [0.25, 0.3) is 10.2 Å². The van der Waals surface area contributed by atoms with Crippen LogP contribution in [0.2, 0.25) is 0 Å². The van der Waals surface area contributed by atoms with Gasteiger partial charge in [0.25, 0.3) is 10.0 Å². The Balaban J connectivity index is 2.21. The number of methoxy groups -OCH3 is 1. The highest BCUT2D eigenvalue weighted by molar-refractivity contribution is 7.90. The second-order valence-corrected chi connectivity index (χ2v) is 8.38. The Hall–Kier alpha value is -2.12. The maximum absolute atomic E-state index is 12.7. The number of aromatic nitrogens is 1. The predicted octanol–water partition coefficient (Wildman–Crippen LogP) is 3.64. The Morgan fingerprint density at radius 1 is 1.16 bits per heavy atom. The summed E-state index contributed by atoms with van der Waals surface area (Å²) < 4.78 is 37.6. The molecule has 0 amide bonds. The summed E-state index contributed by atoms with van der Waals surface area (Å²) >= 11 is 1.41. The largest absolute Gasteiger partial charge is 0.497 e. The lowest BCUT2D eigenvalue weighted by molar-refractivity contribution is 0.414. The summed E-state index contributed by atoms with van der Waals surface area (Å²) in [6, 6.07) is 10.4. The van der Waals surface area contributed by atoms with Gasteiger partial charge >= 0.3 is 0 Å². The van der Waals surface area contributed by atoms with E-state index >= 15 is 0 Å². The maximum Gasteiger partial charge on any atom is 0.285 e. The SMILES string of the molecule is CCn1c(=NS(=O)(=O)c2ccc(OC)cc2)sc2c(C)cc(C)cc21. The van der Waals surface area contributed by atoms with E-state index in [-0.39, 0.29) is 4.90 Å². The average molecular weight is 377 g/mol. The van der Waals surface area contributed by atoms with Crippen molar-refractivity contribution < 1.29 is 13.2 Å². The molecule has 1 aromatic heterocycles. The summed E-state index contributed by atoms with van der Waals surface area (Å²) in [6.45, 7) is 6.71. The molecule has 0 saturated heterocycles. The number of fused-ring (bicyclic) bond motifs is 1. The second kappa shape index (κ2) is 6.65. The number of nitrogens with zero attached hydrogens (tertiary/aromatic N) is 2. The van der Waals surface area contributed by atoms with Crippen molar-refractivity contribution in [1.29, 1.82) is 0 Å². The van der Waals surface area contributed by atoms with Crippen LogP contribution in [-0.4, -0.2) is 20.1 Å². The minimum absolute atomic E-state index is 0.154. The summed E-state index contributed by atoms with van der Waals surface area (Å²) in [5.74, 6) is 0.607. The van der Waals surface area contributed by atoms with Crippen molar-refractivity contribution in [3.05, 3.63) is 52.3 Å². The average Bonchev–Trinajstić information content (AvgIpc) is 2.91. The van der Waals surface area contributed by atoms with Crippen LogP contribution in [-0.2, 0) is 16.6 Å². The number of benzene rings is 2. The predicted molar refractivity (Wildman–Crippen MR) is 101 cm³/mol. The number of ether oxygens (including phenoxy) is 1. The third kappa shape index (κ3) is 3.34. The minimum atomic E-state index is -3.78. The first-order valence-electron chi connectivity index (χ1n) is 7.91. The molecule has 5 nitrogen and oxygen atoms in total. The van der Waals surface area contributed by atoms with Crippen molar-refractivity contribution in [3.8, 4) is 5.75 Å². The third-order valence-electron chi connectivity index (χ3n) is 3.99. The monoisotopic (exact) mass is 376 g/mol. The molecule has 0 aliphatic rings. The molecular weight excluding hydrogens is 356 g/mol. The maximum atomic E-state index is 12.7. The van der Waals surface area contributed by atoms with Gasteiger partial charge in [0.15, 0.2) is 0 Å². The van der Waals surface area contributed by atoms with E-state index in [9.17, 15) is 8.42 Å². The van der Waals surface area contributed by atoms with Gasteiger partial charge in [-0.25, -0.2) is 0 Å². The first-order chi connectivity index (χ1) is 11.9. The van der Waals surface area contributed by atoms with Gasteiger partial charge in [0.05, 0.1) is 22.2 Å². The van der Waals surface area contributed by atoms with E-state index < -0.39 is 10.0 Å². The molecule has 0 saturated carbocycles. The summed E-state index contributed by atoms with van der Waals surface area (Å²) in [7, 11) is -2.24. The number of rotatable bonds is 4. The Morgan fingerprint density at radius 3 is 2.44 bits per heavy atom. The molecule has 0 radical (unpaired) electrons. The third-order valence-corrected chi connectivity index (χ3v) is 6.61. The number of sulfonamides is 1. The molecule has 7 heteroatoms. The van der Waals surface area contributed by atoms with Crippen LogP contribution in [0, 0.1) is 13.8 Å². The quantitative estimate of drug-likeness (QED) is 0.698. The van der Waals surface area contributed by atoms with Crippen LogP contribution in [0.15, 0.2) is 45.7 Å². The highest BCUT2D eigenvalue weighted by Crippen LogP contribution is 2.24. The van der Waals surface area contributed by atoms with Crippen molar-refractivity contribution in [2.75, 3.05) is 7.11 Å². The van der Waals surface area contributed by atoms with Crippen molar-refractivity contribution in [3.63, 3.8) is 0 Å². The lowest BCUT2D eigenvalue weighted by Crippen LogP contribution is -2.16. The van der Waals surface area contributed by atoms with Crippen LogP contribution >= 0.6 is 11.3 Å².